The van der Waals surface area contributed by atoms with E-state index >= 15 is 0 Å². The van der Waals surface area contributed by atoms with Crippen LogP contribution in [0.5, 0.6) is 5.75 Å². The Kier molecular flexibility index (Phi) is 5.28. The fourth-order valence-electron chi connectivity index (χ4n) is 4.59. The maximum Gasteiger partial charge on any atom is 0.254 e. The van der Waals surface area contributed by atoms with E-state index in [0.29, 0.717) is 0 Å². The average molecular weight is 393 g/mol. The fraction of sp³-hybridized carbons (Fsp3) is 0.480. The molecule has 0 saturated carbocycles. The van der Waals surface area contributed by atoms with Crippen molar-refractivity contribution >= 4 is 11.6 Å². The largest absolute Gasteiger partial charge is 0.488 e. The second-order valence-corrected chi connectivity index (χ2v) is 9.13. The van der Waals surface area contributed by atoms with E-state index in [2.05, 4.69) is 56.1 Å². The van der Waals surface area contributed by atoms with Crippen molar-refractivity contribution in [1.82, 2.24) is 4.90 Å². The summed E-state index contributed by atoms with van der Waals surface area (Å²) in [6, 6.07) is 12.5. The highest BCUT2D eigenvalue weighted by Crippen LogP contribution is 2.34. The highest BCUT2D eigenvalue weighted by atomic mass is 16.5. The highest BCUT2D eigenvalue weighted by Gasteiger charge is 2.31. The molecule has 0 aliphatic carbocycles. The monoisotopic (exact) mass is 392 g/mol. The van der Waals surface area contributed by atoms with Crippen LogP contribution in [-0.4, -0.2) is 35.5 Å². The Balaban J connectivity index is 1.47. The number of carbonyl (C=O) groups excluding carboxylic acids is 1. The number of anilines is 1. The van der Waals surface area contributed by atoms with Gasteiger partial charge in [0.1, 0.15) is 11.4 Å². The van der Waals surface area contributed by atoms with Gasteiger partial charge in [-0.1, -0.05) is 18.2 Å². The molecule has 2 aliphatic heterocycles. The molecule has 1 saturated heterocycles. The topological polar surface area (TPSA) is 41.6 Å². The minimum atomic E-state index is -0.127. The van der Waals surface area contributed by atoms with E-state index in [-0.39, 0.29) is 17.6 Å². The molecule has 0 unspecified atom stereocenters. The third-order valence-corrected chi connectivity index (χ3v) is 6.32. The summed E-state index contributed by atoms with van der Waals surface area (Å²) in [7, 11) is 0. The van der Waals surface area contributed by atoms with Crippen LogP contribution >= 0.6 is 0 Å². The van der Waals surface area contributed by atoms with E-state index in [4.69, 9.17) is 4.74 Å². The number of hydrogen-bond acceptors (Lipinski definition) is 3. The molecule has 0 spiro atoms. The molecule has 4 rings (SSSR count). The van der Waals surface area contributed by atoms with Gasteiger partial charge in [0.05, 0.1) is 0 Å². The van der Waals surface area contributed by atoms with Crippen LogP contribution in [0.15, 0.2) is 36.4 Å². The zero-order valence-corrected chi connectivity index (χ0v) is 18.0. The maximum absolute atomic E-state index is 13.3. The Morgan fingerprint density at radius 1 is 1.21 bits per heavy atom. The summed E-state index contributed by atoms with van der Waals surface area (Å²) in [5, 5.41) is 3.60. The fourth-order valence-corrected chi connectivity index (χ4v) is 4.59. The molecule has 2 aliphatic rings. The third-order valence-electron chi connectivity index (χ3n) is 6.32. The number of nitrogens with one attached hydrogen (secondary N) is 1. The molecular formula is C25H32N2O2. The Morgan fingerprint density at radius 2 is 1.97 bits per heavy atom. The summed E-state index contributed by atoms with van der Waals surface area (Å²) in [6.45, 7) is 10.1. The van der Waals surface area contributed by atoms with Gasteiger partial charge in [0, 0.05) is 30.4 Å². The molecule has 4 nitrogen and oxygen atoms in total. The van der Waals surface area contributed by atoms with Gasteiger partial charge in [0.25, 0.3) is 5.91 Å². The molecule has 1 atom stereocenters. The van der Waals surface area contributed by atoms with Gasteiger partial charge >= 0.3 is 0 Å². The highest BCUT2D eigenvalue weighted by molar-refractivity contribution is 5.95. The van der Waals surface area contributed by atoms with Gasteiger partial charge < -0.3 is 15.0 Å². The molecular weight excluding hydrogens is 360 g/mol. The number of para-hydroxylation sites is 1. The van der Waals surface area contributed by atoms with E-state index in [1.54, 1.807) is 0 Å². The smallest absolute Gasteiger partial charge is 0.254 e. The van der Waals surface area contributed by atoms with Crippen molar-refractivity contribution in [3.05, 3.63) is 58.7 Å². The van der Waals surface area contributed by atoms with Crippen molar-refractivity contribution < 1.29 is 9.53 Å². The number of aryl methyl sites for hydroxylation is 3. The molecule has 0 bridgehead atoms. The van der Waals surface area contributed by atoms with E-state index < -0.39 is 0 Å². The lowest BCUT2D eigenvalue weighted by Crippen LogP contribution is -2.40. The number of carbonyl (C=O) groups is 1. The van der Waals surface area contributed by atoms with Crippen LogP contribution in [0, 0.1) is 13.8 Å². The zero-order valence-electron chi connectivity index (χ0n) is 18.0. The first-order valence-electron chi connectivity index (χ1n) is 10.8. The number of nitrogens with zero attached hydrogens (tertiary/aromatic N) is 1. The second-order valence-electron chi connectivity index (χ2n) is 9.13. The summed E-state index contributed by atoms with van der Waals surface area (Å²) in [5.74, 6) is 1.07. The lowest BCUT2D eigenvalue weighted by molar-refractivity contribution is 0.0741. The first kappa shape index (κ1) is 19.8. The summed E-state index contributed by atoms with van der Waals surface area (Å²) in [6.07, 6.45) is 4.05. The SMILES string of the molecule is Cc1cccc(C)c1NC[C@@H]1CCCN1C(=O)c1ccc2c(c1)CCC(C)(C)O2. The number of likely N-dealkylation sites (tertiary alicyclic amines) is 1. The van der Waals surface area contributed by atoms with Crippen LogP contribution in [0.4, 0.5) is 5.69 Å². The minimum absolute atomic E-state index is 0.127. The van der Waals surface area contributed by atoms with Gasteiger partial charge in [-0.15, -0.1) is 0 Å². The van der Waals surface area contributed by atoms with E-state index in [1.165, 1.54) is 16.8 Å². The zero-order chi connectivity index (χ0) is 20.6. The van der Waals surface area contributed by atoms with Crippen LogP contribution in [0.1, 0.15) is 60.2 Å². The van der Waals surface area contributed by atoms with Crippen molar-refractivity contribution in [3.8, 4) is 5.75 Å². The molecule has 1 fully saturated rings. The molecule has 1 N–H and O–H groups in total. The number of amides is 1. The molecule has 0 radical (unpaired) electrons. The van der Waals surface area contributed by atoms with Gasteiger partial charge in [0.15, 0.2) is 0 Å². The van der Waals surface area contributed by atoms with Gasteiger partial charge in [-0.05, 0) is 88.3 Å². The summed E-state index contributed by atoms with van der Waals surface area (Å²) >= 11 is 0. The quantitative estimate of drug-likeness (QED) is 0.785. The average Bonchev–Trinajstić information content (AvgIpc) is 3.14. The van der Waals surface area contributed by atoms with Gasteiger partial charge in [-0.3, -0.25) is 4.79 Å². The molecule has 154 valence electrons. The first-order valence-corrected chi connectivity index (χ1v) is 10.8. The summed E-state index contributed by atoms with van der Waals surface area (Å²) in [5.41, 5.74) is 5.50. The molecule has 29 heavy (non-hydrogen) atoms. The van der Waals surface area contributed by atoms with Crippen LogP contribution in [0.2, 0.25) is 0 Å². The lowest BCUT2D eigenvalue weighted by atomic mass is 9.93. The van der Waals surface area contributed by atoms with Crippen LogP contribution in [-0.2, 0) is 6.42 Å². The molecule has 4 heteroatoms. The predicted molar refractivity (Wildman–Crippen MR) is 118 cm³/mol. The van der Waals surface area contributed by atoms with Gasteiger partial charge in [-0.25, -0.2) is 0 Å². The summed E-state index contributed by atoms with van der Waals surface area (Å²) < 4.78 is 6.08. The van der Waals surface area contributed by atoms with Crippen LogP contribution < -0.4 is 10.1 Å². The molecule has 2 aromatic rings. The standard InChI is InChI=1S/C25H32N2O2/c1-17-7-5-8-18(2)23(17)26-16-21-9-6-14-27(21)24(28)20-10-11-22-19(15-20)12-13-25(3,4)29-22/h5,7-8,10-11,15,21,26H,6,9,12-14,16H2,1-4H3/t21-/m0/s1. The van der Waals surface area contributed by atoms with Crippen molar-refractivity contribution in [2.45, 2.75) is 65.0 Å². The van der Waals surface area contributed by atoms with Gasteiger partial charge in [0.2, 0.25) is 0 Å². The number of benzene rings is 2. The van der Waals surface area contributed by atoms with E-state index in [1.807, 2.05) is 18.2 Å². The minimum Gasteiger partial charge on any atom is -0.488 e. The van der Waals surface area contributed by atoms with Crippen molar-refractivity contribution in [1.29, 1.82) is 0 Å². The van der Waals surface area contributed by atoms with E-state index in [9.17, 15) is 4.79 Å². The molecule has 2 heterocycles. The van der Waals surface area contributed by atoms with Crippen LogP contribution in [0.25, 0.3) is 0 Å². The number of hydrogen-bond donors (Lipinski definition) is 1. The number of ether oxygens (including phenoxy) is 1. The second kappa shape index (κ2) is 7.74. The Labute approximate surface area is 174 Å². The summed E-state index contributed by atoms with van der Waals surface area (Å²) in [4.78, 5) is 15.3. The molecule has 0 aromatic heterocycles. The lowest BCUT2D eigenvalue weighted by Gasteiger charge is -2.33. The number of fused-ring (bicyclic) bond motifs is 1. The van der Waals surface area contributed by atoms with Crippen molar-refractivity contribution in [3.63, 3.8) is 0 Å². The molecule has 2 aromatic carbocycles. The van der Waals surface area contributed by atoms with Crippen molar-refractivity contribution in [2.75, 3.05) is 18.4 Å². The Morgan fingerprint density at radius 3 is 2.72 bits per heavy atom. The predicted octanol–water partition coefficient (Wildman–Crippen LogP) is 5.12. The molecule has 1 amide bonds. The Bertz CT molecular complexity index is 899. The van der Waals surface area contributed by atoms with Gasteiger partial charge in [-0.2, -0.15) is 0 Å². The normalized spacial score (nSPS) is 20.1. The number of rotatable bonds is 4. The Hall–Kier alpha value is -2.49. The van der Waals surface area contributed by atoms with Crippen molar-refractivity contribution in [2.24, 2.45) is 0 Å². The maximum atomic E-state index is 13.3. The first-order chi connectivity index (χ1) is 13.8. The third kappa shape index (κ3) is 4.12. The van der Waals surface area contributed by atoms with E-state index in [0.717, 1.165) is 55.6 Å². The van der Waals surface area contributed by atoms with Crippen LogP contribution in [0.3, 0.4) is 0 Å².